The molecule has 1 aliphatic rings. The van der Waals surface area contributed by atoms with Crippen LogP contribution in [0.25, 0.3) is 0 Å². The van der Waals surface area contributed by atoms with Crippen LogP contribution in [0.15, 0.2) is 70.6 Å². The van der Waals surface area contributed by atoms with E-state index in [9.17, 15) is 33.6 Å². The summed E-state index contributed by atoms with van der Waals surface area (Å²) in [5, 5.41) is 39.5. The van der Waals surface area contributed by atoms with Gasteiger partial charge in [0.1, 0.15) is 24.1 Å². The zero-order valence-corrected chi connectivity index (χ0v) is 17.6. The Balaban J connectivity index is 1.51. The second-order valence-electron chi connectivity index (χ2n) is 7.67. The molecule has 4 rings (SSSR count). The van der Waals surface area contributed by atoms with E-state index < -0.39 is 40.2 Å². The topological polar surface area (TPSA) is 150 Å². The van der Waals surface area contributed by atoms with Gasteiger partial charge < -0.3 is 25.0 Å². The Kier molecular flexibility index (Phi) is 5.87. The minimum absolute atomic E-state index is 0.0190. The fraction of sp³-hybridized carbons (Fsp3) is 0.273. The molecule has 168 valence electrons. The first kappa shape index (κ1) is 22.2. The molecule has 4 N–H and O–H groups in total. The fourth-order valence-corrected chi connectivity index (χ4v) is 5.10. The van der Waals surface area contributed by atoms with Gasteiger partial charge in [-0.05, 0) is 42.7 Å². The second-order valence-corrected chi connectivity index (χ2v) is 9.62. The van der Waals surface area contributed by atoms with Gasteiger partial charge in [0.05, 0.1) is 15.5 Å². The third kappa shape index (κ3) is 3.93. The van der Waals surface area contributed by atoms with E-state index in [0.717, 1.165) is 5.56 Å². The molecule has 0 saturated carbocycles. The first-order chi connectivity index (χ1) is 15.2. The molecule has 9 nitrogen and oxygen atoms in total. The Bertz CT molecular complexity index is 1220. The Labute approximate surface area is 184 Å². The van der Waals surface area contributed by atoms with Crippen molar-refractivity contribution < 1.29 is 33.6 Å². The van der Waals surface area contributed by atoms with Gasteiger partial charge in [0.2, 0.25) is 9.84 Å². The van der Waals surface area contributed by atoms with E-state index in [4.69, 9.17) is 0 Å². The highest BCUT2D eigenvalue weighted by Gasteiger charge is 2.45. The monoisotopic (exact) mass is 458 g/mol. The maximum Gasteiger partial charge on any atom is 0.329 e. The third-order valence-corrected chi connectivity index (χ3v) is 7.37. The molecule has 0 fully saturated rings. The molecule has 2 aromatic carbocycles. The summed E-state index contributed by atoms with van der Waals surface area (Å²) in [5.41, 5.74) is 1.32. The van der Waals surface area contributed by atoms with Gasteiger partial charge >= 0.3 is 5.97 Å². The largest absolute Gasteiger partial charge is 0.480 e. The minimum Gasteiger partial charge on any atom is -0.480 e. The molecule has 0 spiro atoms. The number of sulfone groups is 1. The van der Waals surface area contributed by atoms with Crippen LogP contribution in [0.4, 0.5) is 0 Å². The van der Waals surface area contributed by atoms with Gasteiger partial charge in [-0.15, -0.1) is 0 Å². The average Bonchev–Trinajstić information content (AvgIpc) is 3.21. The van der Waals surface area contributed by atoms with Crippen LogP contribution >= 0.6 is 0 Å². The second kappa shape index (κ2) is 8.47. The van der Waals surface area contributed by atoms with Crippen molar-refractivity contribution in [2.24, 2.45) is 0 Å². The highest BCUT2D eigenvalue weighted by molar-refractivity contribution is 7.91. The SMILES string of the molecule is O=C(O)[C@@H]1[C@@H](O)[C@H](O)[C@@H](O)c2nc(CCc3ccc(S(=O)(=O)c4ccccc4)cc3)cn21. The lowest BCUT2D eigenvalue weighted by atomic mass is 9.96. The molecular weight excluding hydrogens is 436 g/mol. The van der Waals surface area contributed by atoms with Gasteiger partial charge in [-0.1, -0.05) is 30.3 Å². The number of imidazole rings is 1. The highest BCUT2D eigenvalue weighted by atomic mass is 32.2. The maximum atomic E-state index is 12.7. The van der Waals surface area contributed by atoms with E-state index in [0.29, 0.717) is 18.5 Å². The highest BCUT2D eigenvalue weighted by Crippen LogP contribution is 2.33. The van der Waals surface area contributed by atoms with Crippen LogP contribution in [0.3, 0.4) is 0 Å². The molecule has 10 heteroatoms. The number of aliphatic hydroxyl groups is 3. The fourth-order valence-electron chi connectivity index (χ4n) is 3.82. The van der Waals surface area contributed by atoms with Gasteiger partial charge in [-0.3, -0.25) is 0 Å². The van der Waals surface area contributed by atoms with E-state index in [1.54, 1.807) is 30.3 Å². The predicted octanol–water partition coefficient (Wildman–Crippen LogP) is 0.896. The van der Waals surface area contributed by atoms with Crippen LogP contribution in [-0.2, 0) is 27.5 Å². The van der Waals surface area contributed by atoms with Gasteiger partial charge in [-0.2, -0.15) is 0 Å². The summed E-state index contributed by atoms with van der Waals surface area (Å²) in [5.74, 6) is -1.36. The number of aliphatic carboxylic acids is 1. The Hall–Kier alpha value is -3.05. The maximum absolute atomic E-state index is 12.7. The summed E-state index contributed by atoms with van der Waals surface area (Å²) in [6.45, 7) is 0. The summed E-state index contributed by atoms with van der Waals surface area (Å²) < 4.78 is 26.5. The molecule has 0 bridgehead atoms. The number of aromatic nitrogens is 2. The smallest absolute Gasteiger partial charge is 0.329 e. The third-order valence-electron chi connectivity index (χ3n) is 5.58. The lowest BCUT2D eigenvalue weighted by Gasteiger charge is -2.33. The van der Waals surface area contributed by atoms with E-state index >= 15 is 0 Å². The van der Waals surface area contributed by atoms with Crippen molar-refractivity contribution in [3.63, 3.8) is 0 Å². The number of carbonyl (C=O) groups is 1. The molecule has 4 atom stereocenters. The molecule has 1 aromatic heterocycles. The van der Waals surface area contributed by atoms with Crippen molar-refractivity contribution in [2.75, 3.05) is 0 Å². The van der Waals surface area contributed by atoms with Crippen molar-refractivity contribution >= 4 is 15.8 Å². The quantitative estimate of drug-likeness (QED) is 0.425. The van der Waals surface area contributed by atoms with Crippen molar-refractivity contribution in [1.29, 1.82) is 0 Å². The molecule has 3 aromatic rings. The van der Waals surface area contributed by atoms with Crippen molar-refractivity contribution in [3.8, 4) is 0 Å². The number of carboxylic acids is 1. The van der Waals surface area contributed by atoms with Gasteiger partial charge in [-0.25, -0.2) is 18.2 Å². The van der Waals surface area contributed by atoms with Crippen LogP contribution < -0.4 is 0 Å². The molecule has 0 amide bonds. The molecule has 0 unspecified atom stereocenters. The van der Waals surface area contributed by atoms with Gasteiger partial charge in [0.15, 0.2) is 6.04 Å². The summed E-state index contributed by atoms with van der Waals surface area (Å²) in [6, 6.07) is 13.2. The van der Waals surface area contributed by atoms with E-state index in [-0.39, 0.29) is 15.6 Å². The zero-order chi connectivity index (χ0) is 23.0. The average molecular weight is 458 g/mol. The van der Waals surface area contributed by atoms with Gasteiger partial charge in [0, 0.05) is 6.20 Å². The standard InChI is InChI=1S/C22H22N2O7S/c25-18-17(22(28)29)24-12-14(23-21(24)20(27)19(18)26)9-6-13-7-10-16(11-8-13)32(30,31)15-4-2-1-3-5-15/h1-5,7-8,10-12,17-20,25-27H,6,9H2,(H,28,29)/t17-,18+,19-,20+/m0/s1. The number of aliphatic hydroxyl groups excluding tert-OH is 3. The zero-order valence-electron chi connectivity index (χ0n) is 16.8. The summed E-state index contributed by atoms with van der Waals surface area (Å²) in [4.78, 5) is 16.2. The number of aryl methyl sites for hydroxylation is 2. The lowest BCUT2D eigenvalue weighted by molar-refractivity contribution is -0.156. The van der Waals surface area contributed by atoms with Crippen LogP contribution in [0.1, 0.15) is 29.2 Å². The van der Waals surface area contributed by atoms with Crippen molar-refractivity contribution in [2.45, 2.75) is 47.0 Å². The number of fused-ring (bicyclic) bond motifs is 1. The van der Waals surface area contributed by atoms with E-state index in [2.05, 4.69) is 4.98 Å². The number of hydrogen-bond acceptors (Lipinski definition) is 7. The molecular formula is C22H22N2O7S. The first-order valence-electron chi connectivity index (χ1n) is 9.94. The summed E-state index contributed by atoms with van der Waals surface area (Å²) >= 11 is 0. The molecule has 32 heavy (non-hydrogen) atoms. The molecule has 0 aliphatic carbocycles. The number of carboxylic acid groups (broad SMARTS) is 1. The van der Waals surface area contributed by atoms with Gasteiger partial charge in [0.25, 0.3) is 0 Å². The number of benzene rings is 2. The number of rotatable bonds is 6. The first-order valence-corrected chi connectivity index (χ1v) is 11.4. The molecule has 0 radical (unpaired) electrons. The van der Waals surface area contributed by atoms with Crippen LogP contribution in [0, 0.1) is 0 Å². The normalized spacial score (nSPS) is 23.0. The minimum atomic E-state index is -3.60. The number of hydrogen-bond donors (Lipinski definition) is 4. The summed E-state index contributed by atoms with van der Waals surface area (Å²) in [6.07, 6.45) is -2.51. The summed E-state index contributed by atoms with van der Waals surface area (Å²) in [7, 11) is -3.60. The van der Waals surface area contributed by atoms with Crippen molar-refractivity contribution in [1.82, 2.24) is 9.55 Å². The Morgan fingerprint density at radius 1 is 0.906 bits per heavy atom. The predicted molar refractivity (Wildman–Crippen MR) is 112 cm³/mol. The van der Waals surface area contributed by atoms with Crippen LogP contribution in [0.2, 0.25) is 0 Å². The van der Waals surface area contributed by atoms with Crippen LogP contribution in [-0.4, -0.2) is 56.6 Å². The van der Waals surface area contributed by atoms with Crippen molar-refractivity contribution in [3.05, 3.63) is 77.9 Å². The lowest BCUT2D eigenvalue weighted by Crippen LogP contribution is -2.47. The Morgan fingerprint density at radius 2 is 1.53 bits per heavy atom. The molecule has 2 heterocycles. The van der Waals surface area contributed by atoms with E-state index in [1.165, 1.54) is 35.0 Å². The number of nitrogens with zero attached hydrogens (tertiary/aromatic N) is 2. The molecule has 1 aliphatic heterocycles. The van der Waals surface area contributed by atoms with Crippen LogP contribution in [0.5, 0.6) is 0 Å². The molecule has 0 saturated heterocycles. The Morgan fingerprint density at radius 3 is 2.16 bits per heavy atom. The van der Waals surface area contributed by atoms with E-state index in [1.807, 2.05) is 0 Å².